The summed E-state index contributed by atoms with van der Waals surface area (Å²) in [5, 5.41) is 18.1. The third kappa shape index (κ3) is 2.26. The first kappa shape index (κ1) is 13.1. The molecule has 0 fully saturated rings. The molecule has 0 saturated carbocycles. The second kappa shape index (κ2) is 5.08. The lowest BCUT2D eigenvalue weighted by atomic mass is 10.1. The highest BCUT2D eigenvalue weighted by Gasteiger charge is 2.16. The number of benzene rings is 1. The third-order valence-corrected chi connectivity index (χ3v) is 3.28. The molecule has 0 amide bonds. The van der Waals surface area contributed by atoms with Crippen LogP contribution in [0.15, 0.2) is 18.2 Å². The molecule has 1 heterocycles. The first-order chi connectivity index (χ1) is 8.54. The smallest absolute Gasteiger partial charge is 0.112 e. The Morgan fingerprint density at radius 3 is 2.67 bits per heavy atom. The first-order valence-corrected chi connectivity index (χ1v) is 6.24. The van der Waals surface area contributed by atoms with E-state index < -0.39 is 0 Å². The van der Waals surface area contributed by atoms with Gasteiger partial charge in [0, 0.05) is 5.02 Å². The number of halogens is 1. The average Bonchev–Trinajstić information content (AvgIpc) is 2.76. The van der Waals surface area contributed by atoms with Crippen LogP contribution in [0.2, 0.25) is 5.02 Å². The number of nitrogens with zero attached hydrogens (tertiary/aromatic N) is 3. The van der Waals surface area contributed by atoms with Gasteiger partial charge in [-0.15, -0.1) is 5.10 Å². The Balaban J connectivity index is 2.56. The molecule has 5 heteroatoms. The van der Waals surface area contributed by atoms with Gasteiger partial charge in [-0.25, -0.2) is 4.68 Å². The highest BCUT2D eigenvalue weighted by Crippen LogP contribution is 2.24. The van der Waals surface area contributed by atoms with E-state index in [4.69, 9.17) is 11.6 Å². The molecule has 18 heavy (non-hydrogen) atoms. The van der Waals surface area contributed by atoms with E-state index in [1.807, 2.05) is 39.0 Å². The lowest BCUT2D eigenvalue weighted by Gasteiger charge is -2.11. The van der Waals surface area contributed by atoms with Gasteiger partial charge in [0.15, 0.2) is 0 Å². The van der Waals surface area contributed by atoms with E-state index in [1.54, 1.807) is 4.68 Å². The van der Waals surface area contributed by atoms with Gasteiger partial charge in [0.1, 0.15) is 5.69 Å². The standard InChI is InChI=1S/C13H16ClN3O/c1-8(2)13-12(7-18)15-16-17(13)10-5-4-9(3)11(14)6-10/h4-6,8,18H,7H2,1-3H3. The number of hydrogen-bond donors (Lipinski definition) is 1. The van der Waals surface area contributed by atoms with Crippen molar-refractivity contribution < 1.29 is 5.11 Å². The molecule has 0 aliphatic heterocycles. The second-order valence-electron chi connectivity index (χ2n) is 4.58. The van der Waals surface area contributed by atoms with Crippen LogP contribution in [-0.2, 0) is 6.61 Å². The molecule has 0 atom stereocenters. The van der Waals surface area contributed by atoms with Crippen LogP contribution in [0.5, 0.6) is 0 Å². The van der Waals surface area contributed by atoms with Crippen LogP contribution in [0.1, 0.15) is 36.7 Å². The summed E-state index contributed by atoms with van der Waals surface area (Å²) in [6.07, 6.45) is 0. The molecule has 0 spiro atoms. The predicted octanol–water partition coefficient (Wildman–Crippen LogP) is 2.84. The topological polar surface area (TPSA) is 50.9 Å². The Morgan fingerprint density at radius 1 is 1.39 bits per heavy atom. The van der Waals surface area contributed by atoms with Crippen molar-refractivity contribution in [2.75, 3.05) is 0 Å². The Kier molecular flexibility index (Phi) is 3.68. The maximum Gasteiger partial charge on any atom is 0.112 e. The van der Waals surface area contributed by atoms with Gasteiger partial charge in [0.25, 0.3) is 0 Å². The van der Waals surface area contributed by atoms with E-state index in [9.17, 15) is 5.11 Å². The molecule has 0 radical (unpaired) electrons. The number of aliphatic hydroxyl groups excluding tert-OH is 1. The van der Waals surface area contributed by atoms with Gasteiger partial charge in [0.05, 0.1) is 18.0 Å². The minimum absolute atomic E-state index is 0.104. The van der Waals surface area contributed by atoms with Crippen molar-refractivity contribution in [1.82, 2.24) is 15.0 Å². The SMILES string of the molecule is Cc1ccc(-n2nnc(CO)c2C(C)C)cc1Cl. The summed E-state index contributed by atoms with van der Waals surface area (Å²) < 4.78 is 1.74. The number of aromatic nitrogens is 3. The van der Waals surface area contributed by atoms with Crippen molar-refractivity contribution in [3.63, 3.8) is 0 Å². The maximum absolute atomic E-state index is 9.28. The van der Waals surface area contributed by atoms with Gasteiger partial charge in [-0.2, -0.15) is 0 Å². The van der Waals surface area contributed by atoms with E-state index in [0.717, 1.165) is 16.9 Å². The molecule has 0 aliphatic carbocycles. The summed E-state index contributed by atoms with van der Waals surface area (Å²) in [4.78, 5) is 0. The fraction of sp³-hybridized carbons (Fsp3) is 0.385. The lowest BCUT2D eigenvalue weighted by Crippen LogP contribution is -2.05. The maximum atomic E-state index is 9.28. The molecule has 0 unspecified atom stereocenters. The Morgan fingerprint density at radius 2 is 2.11 bits per heavy atom. The monoisotopic (exact) mass is 265 g/mol. The number of hydrogen-bond acceptors (Lipinski definition) is 3. The van der Waals surface area contributed by atoms with Gasteiger partial charge in [-0.1, -0.05) is 36.7 Å². The molecule has 4 nitrogen and oxygen atoms in total. The van der Waals surface area contributed by atoms with Crippen molar-refractivity contribution >= 4 is 11.6 Å². The van der Waals surface area contributed by atoms with E-state index in [2.05, 4.69) is 10.3 Å². The largest absolute Gasteiger partial charge is 0.390 e. The summed E-state index contributed by atoms with van der Waals surface area (Å²) in [6.45, 7) is 5.94. The number of rotatable bonds is 3. The minimum atomic E-state index is -0.104. The normalized spacial score (nSPS) is 11.2. The van der Waals surface area contributed by atoms with Crippen LogP contribution in [-0.4, -0.2) is 20.1 Å². The average molecular weight is 266 g/mol. The summed E-state index contributed by atoms with van der Waals surface area (Å²) in [6, 6.07) is 5.75. The molecular weight excluding hydrogens is 250 g/mol. The molecule has 0 bridgehead atoms. The summed E-state index contributed by atoms with van der Waals surface area (Å²) in [7, 11) is 0. The van der Waals surface area contributed by atoms with E-state index >= 15 is 0 Å². The summed E-state index contributed by atoms with van der Waals surface area (Å²) in [5.74, 6) is 0.224. The van der Waals surface area contributed by atoms with Crippen LogP contribution in [0.4, 0.5) is 0 Å². The number of aliphatic hydroxyl groups is 1. The van der Waals surface area contributed by atoms with Crippen molar-refractivity contribution in [1.29, 1.82) is 0 Å². The highest BCUT2D eigenvalue weighted by atomic mass is 35.5. The molecule has 1 aromatic heterocycles. The Labute approximate surface area is 111 Å². The Bertz CT molecular complexity index is 563. The predicted molar refractivity (Wildman–Crippen MR) is 71.1 cm³/mol. The van der Waals surface area contributed by atoms with Gasteiger partial charge in [-0.3, -0.25) is 0 Å². The van der Waals surface area contributed by atoms with Crippen LogP contribution in [0.25, 0.3) is 5.69 Å². The number of aryl methyl sites for hydroxylation is 1. The van der Waals surface area contributed by atoms with E-state index in [0.29, 0.717) is 10.7 Å². The van der Waals surface area contributed by atoms with E-state index in [1.165, 1.54) is 0 Å². The fourth-order valence-corrected chi connectivity index (χ4v) is 2.09. The molecule has 1 N–H and O–H groups in total. The molecule has 2 aromatic rings. The molecule has 2 rings (SSSR count). The van der Waals surface area contributed by atoms with Crippen molar-refractivity contribution in [2.24, 2.45) is 0 Å². The van der Waals surface area contributed by atoms with Crippen LogP contribution < -0.4 is 0 Å². The second-order valence-corrected chi connectivity index (χ2v) is 4.99. The zero-order valence-electron chi connectivity index (χ0n) is 10.7. The van der Waals surface area contributed by atoms with Crippen molar-refractivity contribution in [3.05, 3.63) is 40.2 Å². The van der Waals surface area contributed by atoms with Gasteiger partial charge >= 0.3 is 0 Å². The lowest BCUT2D eigenvalue weighted by molar-refractivity contribution is 0.275. The van der Waals surface area contributed by atoms with Gasteiger partial charge in [-0.05, 0) is 30.5 Å². The molecule has 0 aliphatic rings. The Hall–Kier alpha value is -1.39. The molecule has 1 aromatic carbocycles. The minimum Gasteiger partial charge on any atom is -0.390 e. The zero-order chi connectivity index (χ0) is 13.3. The van der Waals surface area contributed by atoms with Crippen LogP contribution in [0.3, 0.4) is 0 Å². The summed E-state index contributed by atoms with van der Waals surface area (Å²) >= 11 is 6.13. The van der Waals surface area contributed by atoms with Crippen molar-refractivity contribution in [3.8, 4) is 5.69 Å². The van der Waals surface area contributed by atoms with Crippen LogP contribution in [0, 0.1) is 6.92 Å². The quantitative estimate of drug-likeness (QED) is 0.928. The molecule has 96 valence electrons. The molecular formula is C13H16ClN3O. The molecule has 0 saturated heterocycles. The third-order valence-electron chi connectivity index (χ3n) is 2.88. The zero-order valence-corrected chi connectivity index (χ0v) is 11.4. The van der Waals surface area contributed by atoms with E-state index in [-0.39, 0.29) is 12.5 Å². The fourth-order valence-electron chi connectivity index (χ4n) is 1.92. The highest BCUT2D eigenvalue weighted by molar-refractivity contribution is 6.31. The van der Waals surface area contributed by atoms with Crippen LogP contribution >= 0.6 is 11.6 Å². The summed E-state index contributed by atoms with van der Waals surface area (Å²) in [5.41, 5.74) is 3.41. The van der Waals surface area contributed by atoms with Gasteiger partial charge in [0.2, 0.25) is 0 Å². The van der Waals surface area contributed by atoms with Crippen molar-refractivity contribution in [2.45, 2.75) is 33.3 Å². The van der Waals surface area contributed by atoms with Gasteiger partial charge < -0.3 is 5.11 Å². The first-order valence-electron chi connectivity index (χ1n) is 5.86.